The van der Waals surface area contributed by atoms with E-state index in [1.165, 1.54) is 20.8 Å². The van der Waals surface area contributed by atoms with Gasteiger partial charge in [-0.1, -0.05) is 0 Å². The van der Waals surface area contributed by atoms with Crippen molar-refractivity contribution in [3.05, 3.63) is 0 Å². The van der Waals surface area contributed by atoms with E-state index in [9.17, 15) is 20.1 Å². The largest absolute Gasteiger partial charge is 0.459 e. The maximum atomic E-state index is 11.0. The number of hydrogen-bond donors (Lipinski definition) is 3. The third kappa shape index (κ3) is 2.90. The van der Waals surface area contributed by atoms with Crippen LogP contribution in [0.25, 0.3) is 0 Å². The van der Waals surface area contributed by atoms with Crippen molar-refractivity contribution in [2.45, 2.75) is 57.0 Å². The number of carbonyl (C=O) groups is 1. The van der Waals surface area contributed by atoms with Gasteiger partial charge in [-0.3, -0.25) is 4.79 Å². The second-order valence-electron chi connectivity index (χ2n) is 4.92. The highest BCUT2D eigenvalue weighted by atomic mass is 16.6. The van der Waals surface area contributed by atoms with Crippen molar-refractivity contribution in [1.29, 1.82) is 0 Å². The molecule has 3 atom stereocenters. The molecule has 0 aromatic heterocycles. The number of rotatable bonds is 3. The van der Waals surface area contributed by atoms with E-state index in [0.717, 1.165) is 0 Å². The zero-order valence-electron chi connectivity index (χ0n) is 9.23. The summed E-state index contributed by atoms with van der Waals surface area (Å²) in [6, 6.07) is 0. The van der Waals surface area contributed by atoms with Crippen LogP contribution in [0.1, 0.15) is 33.6 Å². The molecule has 1 aliphatic rings. The van der Waals surface area contributed by atoms with Crippen LogP contribution in [0.5, 0.6) is 0 Å². The standard InChI is InChI=1S/C10H18O5/c1-9(2,13)6(11)4-7-10(3,14)5-8(12)15-7/h6-7,11,13-14H,4-5H2,1-3H3/t6?,7-,10+/m0/s1. The molecule has 1 unspecified atom stereocenters. The minimum Gasteiger partial charge on any atom is -0.459 e. The summed E-state index contributed by atoms with van der Waals surface area (Å²) in [6.07, 6.45) is -1.84. The number of cyclic esters (lactones) is 1. The third-order valence-corrected chi connectivity index (χ3v) is 2.72. The minimum absolute atomic E-state index is 0.0300. The topological polar surface area (TPSA) is 87.0 Å². The highest BCUT2D eigenvalue weighted by Gasteiger charge is 2.46. The van der Waals surface area contributed by atoms with Crippen LogP contribution >= 0.6 is 0 Å². The van der Waals surface area contributed by atoms with E-state index in [1.807, 2.05) is 0 Å². The Kier molecular flexibility index (Phi) is 3.09. The molecule has 1 fully saturated rings. The summed E-state index contributed by atoms with van der Waals surface area (Å²) in [5.74, 6) is -0.479. The summed E-state index contributed by atoms with van der Waals surface area (Å²) in [7, 11) is 0. The van der Waals surface area contributed by atoms with Crippen LogP contribution in [0.15, 0.2) is 0 Å². The van der Waals surface area contributed by atoms with Crippen molar-refractivity contribution in [2.75, 3.05) is 0 Å². The predicted molar refractivity (Wildman–Crippen MR) is 52.0 cm³/mol. The molecule has 3 N–H and O–H groups in total. The van der Waals surface area contributed by atoms with E-state index in [-0.39, 0.29) is 12.8 Å². The van der Waals surface area contributed by atoms with Crippen molar-refractivity contribution < 1.29 is 24.9 Å². The molecule has 5 nitrogen and oxygen atoms in total. The van der Waals surface area contributed by atoms with Crippen molar-refractivity contribution in [1.82, 2.24) is 0 Å². The SMILES string of the molecule is CC(C)(O)C(O)C[C@@H]1OC(=O)C[C@@]1(C)O. The lowest BCUT2D eigenvalue weighted by Gasteiger charge is -2.30. The Bertz CT molecular complexity index is 253. The van der Waals surface area contributed by atoms with Crippen molar-refractivity contribution in [3.63, 3.8) is 0 Å². The fraction of sp³-hybridized carbons (Fsp3) is 0.900. The van der Waals surface area contributed by atoms with E-state index < -0.39 is 29.4 Å². The lowest BCUT2D eigenvalue weighted by molar-refractivity contribution is -0.146. The van der Waals surface area contributed by atoms with Crippen LogP contribution in [0, 0.1) is 0 Å². The first-order chi connectivity index (χ1) is 6.63. The smallest absolute Gasteiger partial charge is 0.309 e. The van der Waals surface area contributed by atoms with Crippen molar-refractivity contribution in [2.24, 2.45) is 0 Å². The van der Waals surface area contributed by atoms with E-state index in [0.29, 0.717) is 0 Å². The van der Waals surface area contributed by atoms with E-state index in [2.05, 4.69) is 0 Å². The fourth-order valence-corrected chi connectivity index (χ4v) is 1.53. The van der Waals surface area contributed by atoms with Crippen LogP contribution in [0.2, 0.25) is 0 Å². The lowest BCUT2D eigenvalue weighted by Crippen LogP contribution is -2.43. The molecule has 1 saturated heterocycles. The zero-order chi connectivity index (χ0) is 11.9. The average molecular weight is 218 g/mol. The van der Waals surface area contributed by atoms with Gasteiger partial charge in [0.15, 0.2) is 0 Å². The first-order valence-corrected chi connectivity index (χ1v) is 4.95. The number of ether oxygens (including phenoxy) is 1. The second-order valence-corrected chi connectivity index (χ2v) is 4.92. The van der Waals surface area contributed by atoms with Gasteiger partial charge in [0, 0.05) is 6.42 Å². The molecule has 1 rings (SSSR count). The highest BCUT2D eigenvalue weighted by Crippen LogP contribution is 2.31. The minimum atomic E-state index is -1.27. The van der Waals surface area contributed by atoms with Crippen LogP contribution in [-0.2, 0) is 9.53 Å². The van der Waals surface area contributed by atoms with Gasteiger partial charge in [-0.25, -0.2) is 0 Å². The van der Waals surface area contributed by atoms with E-state index in [4.69, 9.17) is 4.74 Å². The molecule has 88 valence electrons. The van der Waals surface area contributed by atoms with Crippen LogP contribution in [-0.4, -0.2) is 44.7 Å². The number of aliphatic hydroxyl groups is 3. The maximum absolute atomic E-state index is 11.0. The second kappa shape index (κ2) is 3.73. The molecule has 0 aliphatic carbocycles. The summed E-state index contributed by atoms with van der Waals surface area (Å²) < 4.78 is 4.88. The van der Waals surface area contributed by atoms with Gasteiger partial charge in [0.1, 0.15) is 11.7 Å². The van der Waals surface area contributed by atoms with Gasteiger partial charge in [-0.15, -0.1) is 0 Å². The summed E-state index contributed by atoms with van der Waals surface area (Å²) in [5, 5.41) is 28.9. The average Bonchev–Trinajstić information content (AvgIpc) is 2.22. The Balaban J connectivity index is 2.63. The molecule has 1 aliphatic heterocycles. The molecule has 5 heteroatoms. The Morgan fingerprint density at radius 3 is 2.53 bits per heavy atom. The first kappa shape index (κ1) is 12.4. The number of hydrogen-bond acceptors (Lipinski definition) is 5. The Hall–Kier alpha value is -0.650. The molecule has 15 heavy (non-hydrogen) atoms. The Morgan fingerprint density at radius 2 is 2.20 bits per heavy atom. The molecule has 1 heterocycles. The van der Waals surface area contributed by atoms with Crippen molar-refractivity contribution in [3.8, 4) is 0 Å². The molecule has 0 spiro atoms. The number of esters is 1. The molecule has 0 amide bonds. The van der Waals surface area contributed by atoms with Gasteiger partial charge in [0.25, 0.3) is 0 Å². The zero-order valence-corrected chi connectivity index (χ0v) is 9.23. The molecule has 0 aromatic carbocycles. The summed E-state index contributed by atoms with van der Waals surface area (Å²) in [4.78, 5) is 11.0. The monoisotopic (exact) mass is 218 g/mol. The summed E-state index contributed by atoms with van der Waals surface area (Å²) in [5.41, 5.74) is -2.53. The summed E-state index contributed by atoms with van der Waals surface area (Å²) in [6.45, 7) is 4.41. The van der Waals surface area contributed by atoms with Crippen LogP contribution in [0.3, 0.4) is 0 Å². The Labute approximate surface area is 88.7 Å². The van der Waals surface area contributed by atoms with E-state index in [1.54, 1.807) is 0 Å². The molecular formula is C10H18O5. The number of aliphatic hydroxyl groups excluding tert-OH is 1. The lowest BCUT2D eigenvalue weighted by atomic mass is 9.89. The summed E-state index contributed by atoms with van der Waals surface area (Å²) >= 11 is 0. The van der Waals surface area contributed by atoms with Crippen LogP contribution < -0.4 is 0 Å². The predicted octanol–water partition coefficient (Wildman–Crippen LogP) is -0.425. The van der Waals surface area contributed by atoms with Gasteiger partial charge >= 0.3 is 5.97 Å². The Morgan fingerprint density at radius 1 is 1.67 bits per heavy atom. The van der Waals surface area contributed by atoms with E-state index >= 15 is 0 Å². The van der Waals surface area contributed by atoms with Crippen LogP contribution in [0.4, 0.5) is 0 Å². The maximum Gasteiger partial charge on any atom is 0.309 e. The van der Waals surface area contributed by atoms with Gasteiger partial charge in [-0.05, 0) is 20.8 Å². The molecule has 0 aromatic rings. The first-order valence-electron chi connectivity index (χ1n) is 4.95. The highest BCUT2D eigenvalue weighted by molar-refractivity contribution is 5.73. The van der Waals surface area contributed by atoms with Gasteiger partial charge < -0.3 is 20.1 Å². The molecule has 0 radical (unpaired) electrons. The van der Waals surface area contributed by atoms with Gasteiger partial charge in [-0.2, -0.15) is 0 Å². The molecule has 0 bridgehead atoms. The van der Waals surface area contributed by atoms with Crippen molar-refractivity contribution >= 4 is 5.97 Å². The van der Waals surface area contributed by atoms with Gasteiger partial charge in [0.05, 0.1) is 18.1 Å². The normalized spacial score (nSPS) is 34.0. The quantitative estimate of drug-likeness (QED) is 0.560. The van der Waals surface area contributed by atoms with Gasteiger partial charge in [0.2, 0.25) is 0 Å². The third-order valence-electron chi connectivity index (χ3n) is 2.72. The molecule has 0 saturated carbocycles. The molecular weight excluding hydrogens is 200 g/mol. The fourth-order valence-electron chi connectivity index (χ4n) is 1.53. The number of carbonyl (C=O) groups excluding carboxylic acids is 1.